The highest BCUT2D eigenvalue weighted by molar-refractivity contribution is 5.73. The third-order valence-corrected chi connectivity index (χ3v) is 3.31. The molecule has 0 saturated heterocycles. The largest absolute Gasteiger partial charge is 0.497 e. The Morgan fingerprint density at radius 2 is 1.90 bits per heavy atom. The fraction of sp³-hybridized carbons (Fsp3) is 0.235. The molecule has 0 fully saturated rings. The summed E-state index contributed by atoms with van der Waals surface area (Å²) in [6, 6.07) is 13.7. The molecule has 0 aliphatic rings. The van der Waals surface area contributed by atoms with Crippen LogP contribution in [-0.2, 0) is 11.2 Å². The molecule has 110 valence electrons. The van der Waals surface area contributed by atoms with Gasteiger partial charge in [0.1, 0.15) is 5.75 Å². The summed E-state index contributed by atoms with van der Waals surface area (Å²) in [7, 11) is 1.65. The fourth-order valence-electron chi connectivity index (χ4n) is 2.21. The van der Waals surface area contributed by atoms with Crippen LogP contribution in [0.5, 0.6) is 5.75 Å². The van der Waals surface area contributed by atoms with Crippen LogP contribution in [0.15, 0.2) is 42.5 Å². The Kier molecular flexibility index (Phi) is 4.82. The number of carbonyl (C=O) groups is 1. The molecule has 4 nitrogen and oxygen atoms in total. The fourth-order valence-corrected chi connectivity index (χ4v) is 2.21. The monoisotopic (exact) mass is 284 g/mol. The Hall–Kier alpha value is -2.49. The molecule has 0 saturated carbocycles. The number of rotatable bonds is 5. The van der Waals surface area contributed by atoms with Crippen LogP contribution in [0.25, 0.3) is 11.1 Å². The van der Waals surface area contributed by atoms with Crippen molar-refractivity contribution in [2.24, 2.45) is 0 Å². The summed E-state index contributed by atoms with van der Waals surface area (Å²) in [4.78, 5) is 11.0. The molecule has 3 N–H and O–H groups in total. The number of nitrogens with two attached hydrogens (primary N) is 1. The first-order valence-corrected chi connectivity index (χ1v) is 6.87. The van der Waals surface area contributed by atoms with Gasteiger partial charge in [0, 0.05) is 19.2 Å². The molecule has 0 atom stereocenters. The van der Waals surface area contributed by atoms with E-state index in [-0.39, 0.29) is 5.91 Å². The van der Waals surface area contributed by atoms with Crippen molar-refractivity contribution in [1.29, 1.82) is 0 Å². The van der Waals surface area contributed by atoms with Crippen LogP contribution < -0.4 is 15.8 Å². The maximum Gasteiger partial charge on any atom is 0.216 e. The smallest absolute Gasteiger partial charge is 0.216 e. The highest BCUT2D eigenvalue weighted by Gasteiger charge is 2.07. The molecule has 0 radical (unpaired) electrons. The molecule has 1 amide bonds. The lowest BCUT2D eigenvalue weighted by atomic mass is 9.97. The van der Waals surface area contributed by atoms with E-state index in [4.69, 9.17) is 10.5 Å². The van der Waals surface area contributed by atoms with Crippen molar-refractivity contribution in [2.75, 3.05) is 19.4 Å². The molecule has 0 spiro atoms. The van der Waals surface area contributed by atoms with E-state index in [9.17, 15) is 4.79 Å². The van der Waals surface area contributed by atoms with Gasteiger partial charge in [-0.3, -0.25) is 4.79 Å². The van der Waals surface area contributed by atoms with Gasteiger partial charge in [0.2, 0.25) is 5.91 Å². The standard InChI is InChI=1S/C17H20N2O2/c1-12(20)19-10-9-14-5-8-16(21-2)11-17(14)13-3-6-15(18)7-4-13/h3-8,11H,9-10,18H2,1-2H3,(H,19,20). The predicted octanol–water partition coefficient (Wildman–Crippen LogP) is 2.62. The van der Waals surface area contributed by atoms with E-state index < -0.39 is 0 Å². The summed E-state index contributed by atoms with van der Waals surface area (Å²) in [5.74, 6) is 0.794. The SMILES string of the molecule is COc1ccc(CCNC(C)=O)c(-c2ccc(N)cc2)c1. The molecule has 0 aliphatic carbocycles. The normalized spacial score (nSPS) is 10.2. The molecule has 2 aromatic carbocycles. The summed E-state index contributed by atoms with van der Waals surface area (Å²) >= 11 is 0. The zero-order chi connectivity index (χ0) is 15.2. The predicted molar refractivity (Wildman–Crippen MR) is 85.2 cm³/mol. The van der Waals surface area contributed by atoms with Gasteiger partial charge >= 0.3 is 0 Å². The van der Waals surface area contributed by atoms with E-state index >= 15 is 0 Å². The Morgan fingerprint density at radius 1 is 1.19 bits per heavy atom. The number of ether oxygens (including phenoxy) is 1. The van der Waals surface area contributed by atoms with Crippen LogP contribution in [0, 0.1) is 0 Å². The van der Waals surface area contributed by atoms with E-state index in [1.54, 1.807) is 7.11 Å². The van der Waals surface area contributed by atoms with E-state index in [1.807, 2.05) is 42.5 Å². The minimum absolute atomic E-state index is 0.0162. The Bertz CT molecular complexity index is 621. The number of carbonyl (C=O) groups excluding carboxylic acids is 1. The number of amides is 1. The lowest BCUT2D eigenvalue weighted by Crippen LogP contribution is -2.22. The van der Waals surface area contributed by atoms with Crippen molar-refractivity contribution in [2.45, 2.75) is 13.3 Å². The van der Waals surface area contributed by atoms with Gasteiger partial charge in [0.15, 0.2) is 0 Å². The average Bonchev–Trinajstić information content (AvgIpc) is 2.48. The third-order valence-electron chi connectivity index (χ3n) is 3.31. The first-order valence-electron chi connectivity index (χ1n) is 6.87. The maximum absolute atomic E-state index is 11.0. The van der Waals surface area contributed by atoms with E-state index in [0.29, 0.717) is 6.54 Å². The minimum Gasteiger partial charge on any atom is -0.497 e. The van der Waals surface area contributed by atoms with Crippen molar-refractivity contribution in [3.8, 4) is 16.9 Å². The van der Waals surface area contributed by atoms with Gasteiger partial charge in [-0.25, -0.2) is 0 Å². The second kappa shape index (κ2) is 6.79. The summed E-state index contributed by atoms with van der Waals surface area (Å²) in [5.41, 5.74) is 9.82. The Morgan fingerprint density at radius 3 is 2.52 bits per heavy atom. The van der Waals surface area contributed by atoms with Gasteiger partial charge in [0.05, 0.1) is 7.11 Å². The van der Waals surface area contributed by atoms with Crippen LogP contribution in [-0.4, -0.2) is 19.6 Å². The molecule has 21 heavy (non-hydrogen) atoms. The van der Waals surface area contributed by atoms with Gasteiger partial charge in [-0.05, 0) is 47.4 Å². The highest BCUT2D eigenvalue weighted by atomic mass is 16.5. The van der Waals surface area contributed by atoms with Crippen molar-refractivity contribution in [1.82, 2.24) is 5.32 Å². The molecule has 4 heteroatoms. The first-order chi connectivity index (χ1) is 10.1. The summed E-state index contributed by atoms with van der Waals surface area (Å²) in [6.45, 7) is 2.14. The van der Waals surface area contributed by atoms with Crippen LogP contribution in [0.4, 0.5) is 5.69 Å². The number of nitrogens with one attached hydrogen (secondary N) is 1. The van der Waals surface area contributed by atoms with E-state index in [0.717, 1.165) is 34.5 Å². The first kappa shape index (κ1) is 14.9. The molecular formula is C17H20N2O2. The van der Waals surface area contributed by atoms with Crippen LogP contribution >= 0.6 is 0 Å². The zero-order valence-electron chi connectivity index (χ0n) is 12.3. The lowest BCUT2D eigenvalue weighted by molar-refractivity contribution is -0.118. The van der Waals surface area contributed by atoms with Crippen molar-refractivity contribution < 1.29 is 9.53 Å². The second-order valence-corrected chi connectivity index (χ2v) is 4.88. The zero-order valence-corrected chi connectivity index (χ0v) is 12.3. The Labute approximate surface area is 124 Å². The molecule has 0 unspecified atom stereocenters. The third kappa shape index (κ3) is 3.99. The maximum atomic E-state index is 11.0. The van der Waals surface area contributed by atoms with E-state index in [2.05, 4.69) is 5.32 Å². The van der Waals surface area contributed by atoms with Gasteiger partial charge in [-0.15, -0.1) is 0 Å². The number of anilines is 1. The minimum atomic E-state index is -0.0162. The van der Waals surface area contributed by atoms with Gasteiger partial charge in [-0.1, -0.05) is 18.2 Å². The van der Waals surface area contributed by atoms with E-state index in [1.165, 1.54) is 6.92 Å². The molecule has 2 aromatic rings. The molecule has 0 aliphatic heterocycles. The molecule has 0 bridgehead atoms. The number of hydrogen-bond donors (Lipinski definition) is 2. The summed E-state index contributed by atoms with van der Waals surface area (Å²) in [5, 5.41) is 2.82. The Balaban J connectivity index is 2.31. The highest BCUT2D eigenvalue weighted by Crippen LogP contribution is 2.29. The van der Waals surface area contributed by atoms with Gasteiger partial charge in [0.25, 0.3) is 0 Å². The average molecular weight is 284 g/mol. The topological polar surface area (TPSA) is 64.3 Å². The quantitative estimate of drug-likeness (QED) is 0.830. The number of methoxy groups -OCH3 is 1. The lowest BCUT2D eigenvalue weighted by Gasteiger charge is -2.12. The second-order valence-electron chi connectivity index (χ2n) is 4.88. The van der Waals surface area contributed by atoms with Crippen LogP contribution in [0.2, 0.25) is 0 Å². The van der Waals surface area contributed by atoms with Crippen molar-refractivity contribution >= 4 is 11.6 Å². The molecule has 0 heterocycles. The van der Waals surface area contributed by atoms with Gasteiger partial charge < -0.3 is 15.8 Å². The molecule has 2 rings (SSSR count). The van der Waals surface area contributed by atoms with Crippen LogP contribution in [0.1, 0.15) is 12.5 Å². The number of nitrogen functional groups attached to an aromatic ring is 1. The van der Waals surface area contributed by atoms with Crippen molar-refractivity contribution in [3.05, 3.63) is 48.0 Å². The summed E-state index contributed by atoms with van der Waals surface area (Å²) < 4.78 is 5.30. The van der Waals surface area contributed by atoms with Gasteiger partial charge in [-0.2, -0.15) is 0 Å². The number of hydrogen-bond acceptors (Lipinski definition) is 3. The van der Waals surface area contributed by atoms with Crippen LogP contribution in [0.3, 0.4) is 0 Å². The summed E-state index contributed by atoms with van der Waals surface area (Å²) in [6.07, 6.45) is 0.767. The number of benzene rings is 2. The molecule has 0 aromatic heterocycles. The molecular weight excluding hydrogens is 264 g/mol. The van der Waals surface area contributed by atoms with Crippen molar-refractivity contribution in [3.63, 3.8) is 0 Å².